The van der Waals surface area contributed by atoms with Gasteiger partial charge in [0.15, 0.2) is 0 Å². The lowest BCUT2D eigenvalue weighted by atomic mass is 10.1. The van der Waals surface area contributed by atoms with E-state index >= 15 is 0 Å². The Morgan fingerprint density at radius 2 is 2.07 bits per heavy atom. The SMILES string of the molecule is CCN(C)C(=O)C(C)NCCC(C)(C)O. The van der Waals surface area contributed by atoms with Crippen molar-refractivity contribution in [2.24, 2.45) is 0 Å². The summed E-state index contributed by atoms with van der Waals surface area (Å²) in [4.78, 5) is 13.3. The lowest BCUT2D eigenvalue weighted by Gasteiger charge is -2.22. The summed E-state index contributed by atoms with van der Waals surface area (Å²) in [6.07, 6.45) is 0.639. The van der Waals surface area contributed by atoms with Gasteiger partial charge in [-0.2, -0.15) is 0 Å². The third kappa shape index (κ3) is 6.47. The smallest absolute Gasteiger partial charge is 0.239 e. The average molecular weight is 216 g/mol. The van der Waals surface area contributed by atoms with Crippen LogP contribution in [0.15, 0.2) is 0 Å². The van der Waals surface area contributed by atoms with Crippen molar-refractivity contribution in [3.63, 3.8) is 0 Å². The second-order valence-corrected chi connectivity index (χ2v) is 4.59. The Morgan fingerprint density at radius 1 is 1.53 bits per heavy atom. The fraction of sp³-hybridized carbons (Fsp3) is 0.909. The first-order valence-corrected chi connectivity index (χ1v) is 5.48. The summed E-state index contributed by atoms with van der Waals surface area (Å²) in [5.41, 5.74) is -0.674. The highest BCUT2D eigenvalue weighted by Crippen LogP contribution is 2.05. The van der Waals surface area contributed by atoms with Crippen LogP contribution in [0.1, 0.15) is 34.1 Å². The molecule has 0 fully saturated rings. The summed E-state index contributed by atoms with van der Waals surface area (Å²) in [5.74, 6) is 0.0910. The number of hydrogen-bond donors (Lipinski definition) is 2. The third-order valence-electron chi connectivity index (χ3n) is 2.41. The fourth-order valence-electron chi connectivity index (χ4n) is 1.17. The van der Waals surface area contributed by atoms with Gasteiger partial charge in [-0.15, -0.1) is 0 Å². The van der Waals surface area contributed by atoms with Crippen molar-refractivity contribution >= 4 is 5.91 Å². The molecule has 0 aromatic heterocycles. The molecular formula is C11H24N2O2. The second-order valence-electron chi connectivity index (χ2n) is 4.59. The van der Waals surface area contributed by atoms with Crippen LogP contribution in [0.2, 0.25) is 0 Å². The molecule has 0 bridgehead atoms. The normalized spacial score (nSPS) is 13.7. The van der Waals surface area contributed by atoms with Gasteiger partial charge in [0.25, 0.3) is 0 Å². The summed E-state index contributed by atoms with van der Waals surface area (Å²) in [6, 6.07) is -0.183. The topological polar surface area (TPSA) is 52.6 Å². The Labute approximate surface area is 92.7 Å². The summed E-state index contributed by atoms with van der Waals surface area (Å²) in [6.45, 7) is 8.68. The van der Waals surface area contributed by atoms with Crippen molar-refractivity contribution in [2.75, 3.05) is 20.1 Å². The van der Waals surface area contributed by atoms with Crippen molar-refractivity contribution in [2.45, 2.75) is 45.8 Å². The van der Waals surface area contributed by atoms with Crippen LogP contribution < -0.4 is 5.32 Å². The van der Waals surface area contributed by atoms with Gasteiger partial charge in [-0.25, -0.2) is 0 Å². The number of likely N-dealkylation sites (N-methyl/N-ethyl adjacent to an activating group) is 1. The van der Waals surface area contributed by atoms with Crippen LogP contribution >= 0.6 is 0 Å². The maximum atomic E-state index is 11.6. The first kappa shape index (κ1) is 14.4. The van der Waals surface area contributed by atoms with E-state index in [4.69, 9.17) is 0 Å². The van der Waals surface area contributed by atoms with Crippen LogP contribution in [-0.4, -0.2) is 47.7 Å². The number of nitrogens with one attached hydrogen (secondary N) is 1. The molecule has 0 aromatic carbocycles. The predicted octanol–water partition coefficient (Wildman–Crippen LogP) is 0.604. The molecule has 2 N–H and O–H groups in total. The van der Waals surface area contributed by atoms with Crippen LogP contribution in [0.5, 0.6) is 0 Å². The van der Waals surface area contributed by atoms with E-state index in [2.05, 4.69) is 5.32 Å². The van der Waals surface area contributed by atoms with Gasteiger partial charge in [0, 0.05) is 13.6 Å². The molecule has 4 nitrogen and oxygen atoms in total. The van der Waals surface area contributed by atoms with Gasteiger partial charge < -0.3 is 15.3 Å². The molecule has 15 heavy (non-hydrogen) atoms. The maximum absolute atomic E-state index is 11.6. The number of carbonyl (C=O) groups excluding carboxylic acids is 1. The molecule has 90 valence electrons. The van der Waals surface area contributed by atoms with E-state index < -0.39 is 5.60 Å². The molecule has 4 heteroatoms. The lowest BCUT2D eigenvalue weighted by Crippen LogP contribution is -2.44. The van der Waals surface area contributed by atoms with E-state index in [0.29, 0.717) is 13.0 Å². The van der Waals surface area contributed by atoms with Crippen molar-refractivity contribution < 1.29 is 9.90 Å². The van der Waals surface area contributed by atoms with Crippen LogP contribution in [0.25, 0.3) is 0 Å². The fourth-order valence-corrected chi connectivity index (χ4v) is 1.17. The molecule has 0 heterocycles. The highest BCUT2D eigenvalue weighted by molar-refractivity contribution is 5.81. The first-order chi connectivity index (χ1) is 6.78. The predicted molar refractivity (Wildman–Crippen MR) is 61.7 cm³/mol. The maximum Gasteiger partial charge on any atom is 0.239 e. The molecule has 1 unspecified atom stereocenters. The van der Waals surface area contributed by atoms with Crippen LogP contribution in [-0.2, 0) is 4.79 Å². The van der Waals surface area contributed by atoms with Gasteiger partial charge in [-0.3, -0.25) is 4.79 Å². The summed E-state index contributed by atoms with van der Waals surface area (Å²) in [7, 11) is 1.79. The Kier molecular flexibility index (Phi) is 5.83. The minimum Gasteiger partial charge on any atom is -0.390 e. The van der Waals surface area contributed by atoms with Gasteiger partial charge >= 0.3 is 0 Å². The number of nitrogens with zero attached hydrogens (tertiary/aromatic N) is 1. The summed E-state index contributed by atoms with van der Waals surface area (Å²) >= 11 is 0. The van der Waals surface area contributed by atoms with E-state index in [9.17, 15) is 9.90 Å². The molecule has 1 atom stereocenters. The van der Waals surface area contributed by atoms with Gasteiger partial charge in [0.05, 0.1) is 11.6 Å². The van der Waals surface area contributed by atoms with E-state index in [1.54, 1.807) is 25.8 Å². The van der Waals surface area contributed by atoms with Crippen LogP contribution in [0.3, 0.4) is 0 Å². The van der Waals surface area contributed by atoms with Gasteiger partial charge in [-0.05, 0) is 40.7 Å². The van der Waals surface area contributed by atoms with Crippen molar-refractivity contribution in [1.29, 1.82) is 0 Å². The monoisotopic (exact) mass is 216 g/mol. The second kappa shape index (κ2) is 6.08. The minimum atomic E-state index is -0.674. The standard InChI is InChI=1S/C11H24N2O2/c1-6-13(5)10(14)9(2)12-8-7-11(3,4)15/h9,12,15H,6-8H2,1-5H3. The van der Waals surface area contributed by atoms with E-state index in [-0.39, 0.29) is 11.9 Å². The Balaban J connectivity index is 3.84. The number of rotatable bonds is 6. The number of aliphatic hydroxyl groups is 1. The number of amides is 1. The van der Waals surface area contributed by atoms with Gasteiger partial charge in [-0.1, -0.05) is 0 Å². The van der Waals surface area contributed by atoms with Crippen LogP contribution in [0, 0.1) is 0 Å². The molecule has 1 amide bonds. The van der Waals surface area contributed by atoms with Crippen molar-refractivity contribution in [3.05, 3.63) is 0 Å². The van der Waals surface area contributed by atoms with Crippen LogP contribution in [0.4, 0.5) is 0 Å². The quantitative estimate of drug-likeness (QED) is 0.684. The Morgan fingerprint density at radius 3 is 2.47 bits per heavy atom. The molecule has 0 spiro atoms. The molecule has 0 aliphatic rings. The van der Waals surface area contributed by atoms with Gasteiger partial charge in [0.2, 0.25) is 5.91 Å². The highest BCUT2D eigenvalue weighted by atomic mass is 16.3. The zero-order valence-corrected chi connectivity index (χ0v) is 10.5. The van der Waals surface area contributed by atoms with E-state index in [1.807, 2.05) is 13.8 Å². The summed E-state index contributed by atoms with van der Waals surface area (Å²) < 4.78 is 0. The number of carbonyl (C=O) groups is 1. The van der Waals surface area contributed by atoms with E-state index in [1.165, 1.54) is 0 Å². The molecule has 0 aromatic rings. The zero-order valence-electron chi connectivity index (χ0n) is 10.5. The average Bonchev–Trinajstić information content (AvgIpc) is 2.13. The highest BCUT2D eigenvalue weighted by Gasteiger charge is 2.17. The third-order valence-corrected chi connectivity index (χ3v) is 2.41. The summed E-state index contributed by atoms with van der Waals surface area (Å²) in [5, 5.41) is 12.6. The lowest BCUT2D eigenvalue weighted by molar-refractivity contribution is -0.131. The molecule has 0 aliphatic carbocycles. The molecule has 0 saturated carbocycles. The Hall–Kier alpha value is -0.610. The molecule has 0 rings (SSSR count). The molecule has 0 aliphatic heterocycles. The molecule has 0 radical (unpaired) electrons. The largest absolute Gasteiger partial charge is 0.390 e. The van der Waals surface area contributed by atoms with E-state index in [0.717, 1.165) is 6.54 Å². The first-order valence-electron chi connectivity index (χ1n) is 5.48. The zero-order chi connectivity index (χ0) is 12.1. The minimum absolute atomic E-state index is 0.0910. The van der Waals surface area contributed by atoms with Crippen molar-refractivity contribution in [1.82, 2.24) is 10.2 Å². The van der Waals surface area contributed by atoms with Crippen molar-refractivity contribution in [3.8, 4) is 0 Å². The molecular weight excluding hydrogens is 192 g/mol. The van der Waals surface area contributed by atoms with Gasteiger partial charge in [0.1, 0.15) is 0 Å². The molecule has 0 saturated heterocycles. The Bertz CT molecular complexity index is 199. The number of hydrogen-bond acceptors (Lipinski definition) is 3.